The van der Waals surface area contributed by atoms with Crippen molar-refractivity contribution in [1.29, 1.82) is 0 Å². The summed E-state index contributed by atoms with van der Waals surface area (Å²) < 4.78 is 0. The van der Waals surface area contributed by atoms with Crippen molar-refractivity contribution in [1.82, 2.24) is 25.9 Å². The number of rotatable bonds is 14. The van der Waals surface area contributed by atoms with Gasteiger partial charge in [-0.2, -0.15) is 0 Å². The number of hydrogen-bond acceptors (Lipinski definition) is 8. The summed E-state index contributed by atoms with van der Waals surface area (Å²) in [5, 5.41) is 15.9. The van der Waals surface area contributed by atoms with E-state index < -0.39 is 66.1 Å². The lowest BCUT2D eigenvalue weighted by atomic mass is 10.1. The summed E-state index contributed by atoms with van der Waals surface area (Å²) in [6, 6.07) is -5.16. The maximum Gasteiger partial charge on any atom is 0.326 e. The van der Waals surface area contributed by atoms with Gasteiger partial charge in [0.05, 0.1) is 18.8 Å². The first-order valence-corrected chi connectivity index (χ1v) is 9.84. The van der Waals surface area contributed by atoms with E-state index in [1.165, 1.54) is 19.4 Å². The Kier molecular flexibility index (Phi) is 10.4. The van der Waals surface area contributed by atoms with Gasteiger partial charge in [0.25, 0.3) is 0 Å². The van der Waals surface area contributed by atoms with Gasteiger partial charge in [0.1, 0.15) is 18.1 Å². The van der Waals surface area contributed by atoms with Crippen molar-refractivity contribution in [3.63, 3.8) is 0 Å². The normalized spacial score (nSPS) is 14.2. The van der Waals surface area contributed by atoms with E-state index in [-0.39, 0.29) is 19.3 Å². The Hall–Kier alpha value is -4.01. The van der Waals surface area contributed by atoms with E-state index in [1.807, 2.05) is 0 Å². The van der Waals surface area contributed by atoms with E-state index >= 15 is 0 Å². The number of nitrogens with zero attached hydrogens (tertiary/aromatic N) is 1. The predicted molar refractivity (Wildman–Crippen MR) is 112 cm³/mol. The fraction of sp³-hybridized carbons (Fsp3) is 0.500. The molecule has 5 amide bonds. The van der Waals surface area contributed by atoms with Crippen LogP contribution < -0.4 is 33.2 Å². The zero-order valence-electron chi connectivity index (χ0n) is 17.9. The third-order valence-electron chi connectivity index (χ3n) is 4.42. The summed E-state index contributed by atoms with van der Waals surface area (Å²) in [5.74, 6) is -5.57. The molecule has 4 unspecified atom stereocenters. The highest BCUT2D eigenvalue weighted by Gasteiger charge is 2.29. The van der Waals surface area contributed by atoms with Gasteiger partial charge in [-0.1, -0.05) is 0 Å². The van der Waals surface area contributed by atoms with E-state index in [1.54, 1.807) is 0 Å². The Labute approximate surface area is 188 Å². The molecule has 1 aromatic rings. The minimum Gasteiger partial charge on any atom is -0.480 e. The number of carboxylic acids is 1. The summed E-state index contributed by atoms with van der Waals surface area (Å²) in [4.78, 5) is 77.2. The van der Waals surface area contributed by atoms with Crippen molar-refractivity contribution >= 4 is 35.5 Å². The molecule has 1 heterocycles. The van der Waals surface area contributed by atoms with E-state index in [9.17, 15) is 28.8 Å². The Morgan fingerprint density at radius 2 is 1.64 bits per heavy atom. The number of nitrogens with two attached hydrogens (primary N) is 3. The number of carbonyl (C=O) groups is 6. The second kappa shape index (κ2) is 12.7. The van der Waals surface area contributed by atoms with Crippen LogP contribution in [0, 0.1) is 0 Å². The van der Waals surface area contributed by atoms with Crippen LogP contribution >= 0.6 is 0 Å². The monoisotopic (exact) mass is 468 g/mol. The van der Waals surface area contributed by atoms with Gasteiger partial charge in [0.15, 0.2) is 0 Å². The van der Waals surface area contributed by atoms with Gasteiger partial charge in [-0.15, -0.1) is 0 Å². The molecule has 11 N–H and O–H groups in total. The highest BCUT2D eigenvalue weighted by Crippen LogP contribution is 2.01. The Morgan fingerprint density at radius 1 is 1.00 bits per heavy atom. The molecule has 0 spiro atoms. The molecule has 0 aliphatic rings. The van der Waals surface area contributed by atoms with E-state index in [0.29, 0.717) is 5.69 Å². The number of imidazole rings is 1. The molecule has 0 radical (unpaired) electrons. The molecule has 4 atom stereocenters. The molecule has 0 saturated heterocycles. The smallest absolute Gasteiger partial charge is 0.326 e. The van der Waals surface area contributed by atoms with Gasteiger partial charge in [-0.05, 0) is 13.3 Å². The lowest BCUT2D eigenvalue weighted by Crippen LogP contribution is -2.57. The van der Waals surface area contributed by atoms with Gasteiger partial charge >= 0.3 is 5.97 Å². The summed E-state index contributed by atoms with van der Waals surface area (Å²) in [6.07, 6.45) is 1.86. The summed E-state index contributed by atoms with van der Waals surface area (Å²) >= 11 is 0. The zero-order chi connectivity index (χ0) is 25.1. The van der Waals surface area contributed by atoms with E-state index in [4.69, 9.17) is 22.3 Å². The summed E-state index contributed by atoms with van der Waals surface area (Å²) in [6.45, 7) is 1.26. The van der Waals surface area contributed by atoms with Crippen LogP contribution in [-0.2, 0) is 35.2 Å². The maximum atomic E-state index is 12.6. The zero-order valence-corrected chi connectivity index (χ0v) is 17.9. The number of aromatic amines is 1. The molecule has 1 rings (SSSR count). The minimum atomic E-state index is -1.43. The van der Waals surface area contributed by atoms with Gasteiger partial charge in [-0.3, -0.25) is 24.0 Å². The van der Waals surface area contributed by atoms with Crippen LogP contribution in [0.5, 0.6) is 0 Å². The number of amides is 5. The molecule has 0 aliphatic heterocycles. The van der Waals surface area contributed by atoms with Gasteiger partial charge < -0.3 is 43.2 Å². The Morgan fingerprint density at radius 3 is 2.15 bits per heavy atom. The minimum absolute atomic E-state index is 0.0808. The molecule has 0 saturated carbocycles. The van der Waals surface area contributed by atoms with Crippen molar-refractivity contribution in [2.75, 3.05) is 0 Å². The molecular weight excluding hydrogens is 440 g/mol. The number of aromatic nitrogens is 2. The number of primary amides is 2. The molecular formula is C18H28N8O7. The average Bonchev–Trinajstić information content (AvgIpc) is 3.22. The Bertz CT molecular complexity index is 873. The van der Waals surface area contributed by atoms with Crippen LogP contribution in [0.4, 0.5) is 0 Å². The van der Waals surface area contributed by atoms with Crippen LogP contribution in [0.3, 0.4) is 0 Å². The number of carboxylic acid groups (broad SMARTS) is 1. The first-order valence-electron chi connectivity index (χ1n) is 9.84. The van der Waals surface area contributed by atoms with Crippen LogP contribution in [0.25, 0.3) is 0 Å². The first kappa shape index (κ1) is 27.0. The van der Waals surface area contributed by atoms with Crippen molar-refractivity contribution < 1.29 is 33.9 Å². The second-order valence-corrected chi connectivity index (χ2v) is 7.25. The topological polar surface area (TPSA) is 265 Å². The Balaban J connectivity index is 2.74. The van der Waals surface area contributed by atoms with Gasteiger partial charge in [0, 0.05) is 24.7 Å². The molecule has 182 valence electrons. The van der Waals surface area contributed by atoms with Crippen LogP contribution in [-0.4, -0.2) is 74.7 Å². The van der Waals surface area contributed by atoms with Crippen molar-refractivity contribution in [2.45, 2.75) is 56.8 Å². The summed E-state index contributed by atoms with van der Waals surface area (Å²) in [5.41, 5.74) is 16.5. The van der Waals surface area contributed by atoms with E-state index in [2.05, 4.69) is 25.9 Å². The first-order chi connectivity index (χ1) is 15.4. The van der Waals surface area contributed by atoms with Crippen molar-refractivity contribution in [2.24, 2.45) is 17.2 Å². The number of carbonyl (C=O) groups excluding carboxylic acids is 5. The molecule has 33 heavy (non-hydrogen) atoms. The molecule has 0 aromatic carbocycles. The maximum absolute atomic E-state index is 12.6. The number of H-pyrrole nitrogens is 1. The van der Waals surface area contributed by atoms with E-state index in [0.717, 1.165) is 0 Å². The van der Waals surface area contributed by atoms with Crippen LogP contribution in [0.2, 0.25) is 0 Å². The third kappa shape index (κ3) is 9.77. The molecule has 1 aromatic heterocycles. The van der Waals surface area contributed by atoms with Crippen molar-refractivity contribution in [3.05, 3.63) is 18.2 Å². The number of hydrogen-bond donors (Lipinski definition) is 8. The molecule has 15 nitrogen and oxygen atoms in total. The van der Waals surface area contributed by atoms with Crippen LogP contribution in [0.15, 0.2) is 12.5 Å². The molecule has 0 fully saturated rings. The standard InChI is InChI=1S/C18H28N8O7/c1-8(15(29)25-11(18(32)33)2-3-13(20)27)24-17(31)12(5-14(21)28)26-16(30)10(19)4-9-6-22-7-23-9/h6-8,10-12H,2-5,19H2,1H3,(H2,20,27)(H2,21,28)(H,22,23)(H,24,31)(H,25,29)(H,26,30)(H,32,33). The third-order valence-corrected chi connectivity index (χ3v) is 4.42. The predicted octanol–water partition coefficient (Wildman–Crippen LogP) is -4.02. The van der Waals surface area contributed by atoms with Gasteiger partial charge in [-0.25, -0.2) is 9.78 Å². The number of nitrogens with one attached hydrogen (secondary N) is 4. The van der Waals surface area contributed by atoms with Gasteiger partial charge in [0.2, 0.25) is 29.5 Å². The quantitative estimate of drug-likeness (QED) is 0.132. The largest absolute Gasteiger partial charge is 0.480 e. The highest BCUT2D eigenvalue weighted by atomic mass is 16.4. The summed E-state index contributed by atoms with van der Waals surface area (Å²) in [7, 11) is 0. The molecule has 0 bridgehead atoms. The SMILES string of the molecule is CC(NC(=O)C(CC(N)=O)NC(=O)C(N)Cc1cnc[nH]1)C(=O)NC(CCC(N)=O)C(=O)O. The fourth-order valence-corrected chi connectivity index (χ4v) is 2.64. The van der Waals surface area contributed by atoms with Crippen molar-refractivity contribution in [3.8, 4) is 0 Å². The lowest BCUT2D eigenvalue weighted by molar-refractivity contribution is -0.142. The average molecular weight is 468 g/mol. The molecule has 15 heteroatoms. The van der Waals surface area contributed by atoms with Crippen LogP contribution in [0.1, 0.15) is 31.9 Å². The number of aliphatic carboxylic acids is 1. The second-order valence-electron chi connectivity index (χ2n) is 7.25. The lowest BCUT2D eigenvalue weighted by Gasteiger charge is -2.22. The fourth-order valence-electron chi connectivity index (χ4n) is 2.64. The molecule has 0 aliphatic carbocycles. The highest BCUT2D eigenvalue weighted by molar-refractivity contribution is 5.96.